The van der Waals surface area contributed by atoms with Crippen LogP contribution in [0, 0.1) is 13.8 Å². The molecule has 0 radical (unpaired) electrons. The van der Waals surface area contributed by atoms with E-state index in [9.17, 15) is 8.42 Å². The molecule has 0 aromatic heterocycles. The predicted molar refractivity (Wildman–Crippen MR) is 115 cm³/mol. The lowest BCUT2D eigenvalue weighted by atomic mass is 10.1. The van der Waals surface area contributed by atoms with Gasteiger partial charge in [-0.2, -0.15) is 0 Å². The minimum Gasteiger partial charge on any atom is -0.497 e. The summed E-state index contributed by atoms with van der Waals surface area (Å²) in [6.45, 7) is 3.96. The normalized spacial score (nSPS) is 11.2. The standard InChI is InChI=1S/C23H25NO4S/c1-17-9-5-7-11-19(17)16-24(20-13-21(27-3)15-22(14-20)28-4)29(25,26)23-12-8-6-10-18(23)2/h5-15H,16H2,1-4H3. The van der Waals surface area contributed by atoms with Crippen molar-refractivity contribution < 1.29 is 17.9 Å². The van der Waals surface area contributed by atoms with E-state index in [2.05, 4.69) is 0 Å². The topological polar surface area (TPSA) is 55.8 Å². The Kier molecular flexibility index (Phi) is 6.13. The second-order valence-corrected chi connectivity index (χ2v) is 8.61. The minimum atomic E-state index is -3.83. The number of anilines is 1. The van der Waals surface area contributed by atoms with Gasteiger partial charge in [0.05, 0.1) is 31.3 Å². The van der Waals surface area contributed by atoms with Gasteiger partial charge < -0.3 is 9.47 Å². The lowest BCUT2D eigenvalue weighted by molar-refractivity contribution is 0.394. The van der Waals surface area contributed by atoms with Gasteiger partial charge in [0.2, 0.25) is 0 Å². The zero-order valence-electron chi connectivity index (χ0n) is 17.0. The second kappa shape index (κ2) is 8.57. The van der Waals surface area contributed by atoms with Gasteiger partial charge in [-0.3, -0.25) is 4.31 Å². The molecule has 0 heterocycles. The fraction of sp³-hybridized carbons (Fsp3) is 0.217. The number of nitrogens with zero attached hydrogens (tertiary/aromatic N) is 1. The van der Waals surface area contributed by atoms with Gasteiger partial charge in [0, 0.05) is 18.2 Å². The third-order valence-corrected chi connectivity index (χ3v) is 6.80. The van der Waals surface area contributed by atoms with E-state index in [-0.39, 0.29) is 11.4 Å². The molecule has 0 bridgehead atoms. The Hall–Kier alpha value is -2.99. The molecule has 0 atom stereocenters. The van der Waals surface area contributed by atoms with E-state index in [1.807, 2.05) is 37.3 Å². The zero-order valence-corrected chi connectivity index (χ0v) is 17.9. The van der Waals surface area contributed by atoms with Crippen molar-refractivity contribution in [2.45, 2.75) is 25.3 Å². The molecule has 0 aliphatic carbocycles. The van der Waals surface area contributed by atoms with Gasteiger partial charge in [-0.25, -0.2) is 8.42 Å². The Labute approximate surface area is 172 Å². The van der Waals surface area contributed by atoms with Gasteiger partial charge in [-0.15, -0.1) is 0 Å². The Bertz CT molecular complexity index is 1090. The highest BCUT2D eigenvalue weighted by Gasteiger charge is 2.28. The van der Waals surface area contributed by atoms with Crippen LogP contribution in [0.1, 0.15) is 16.7 Å². The fourth-order valence-corrected chi connectivity index (χ4v) is 4.81. The Balaban J connectivity index is 2.20. The Morgan fingerprint density at radius 2 is 1.34 bits per heavy atom. The number of ether oxygens (including phenoxy) is 2. The number of benzene rings is 3. The lowest BCUT2D eigenvalue weighted by Gasteiger charge is -2.27. The molecule has 0 saturated heterocycles. The van der Waals surface area contributed by atoms with Crippen LogP contribution in [0.25, 0.3) is 0 Å². The Morgan fingerprint density at radius 1 is 0.793 bits per heavy atom. The van der Waals surface area contributed by atoms with E-state index in [0.29, 0.717) is 22.7 Å². The summed E-state index contributed by atoms with van der Waals surface area (Å²) in [4.78, 5) is 0.273. The molecule has 3 rings (SSSR count). The molecular formula is C23H25NO4S. The van der Waals surface area contributed by atoms with Crippen molar-refractivity contribution in [2.75, 3.05) is 18.5 Å². The van der Waals surface area contributed by atoms with Crippen molar-refractivity contribution in [3.05, 3.63) is 83.4 Å². The summed E-state index contributed by atoms with van der Waals surface area (Å²) in [5, 5.41) is 0. The third kappa shape index (κ3) is 4.38. The van der Waals surface area contributed by atoms with Crippen LogP contribution in [0.5, 0.6) is 11.5 Å². The molecule has 3 aromatic carbocycles. The van der Waals surface area contributed by atoms with Gasteiger partial charge >= 0.3 is 0 Å². The van der Waals surface area contributed by atoms with E-state index in [4.69, 9.17) is 9.47 Å². The van der Waals surface area contributed by atoms with E-state index >= 15 is 0 Å². The highest BCUT2D eigenvalue weighted by Crippen LogP contribution is 2.34. The summed E-state index contributed by atoms with van der Waals surface area (Å²) in [6.07, 6.45) is 0. The van der Waals surface area contributed by atoms with Gasteiger partial charge in [0.25, 0.3) is 10.0 Å². The molecule has 0 aliphatic rings. The highest BCUT2D eigenvalue weighted by molar-refractivity contribution is 7.92. The first-order chi connectivity index (χ1) is 13.9. The smallest absolute Gasteiger partial charge is 0.264 e. The average Bonchev–Trinajstić information content (AvgIpc) is 2.72. The number of hydrogen-bond donors (Lipinski definition) is 0. The summed E-state index contributed by atoms with van der Waals surface area (Å²) in [7, 11) is -0.744. The quantitative estimate of drug-likeness (QED) is 0.565. The Morgan fingerprint density at radius 3 is 1.90 bits per heavy atom. The average molecular weight is 412 g/mol. The summed E-state index contributed by atoms with van der Waals surface area (Å²) in [6, 6.07) is 19.9. The molecule has 6 heteroatoms. The molecule has 29 heavy (non-hydrogen) atoms. The molecule has 0 unspecified atom stereocenters. The monoisotopic (exact) mass is 411 g/mol. The first-order valence-corrected chi connectivity index (χ1v) is 10.7. The van der Waals surface area contributed by atoms with Crippen LogP contribution in [0.3, 0.4) is 0 Å². The largest absolute Gasteiger partial charge is 0.497 e. The highest BCUT2D eigenvalue weighted by atomic mass is 32.2. The molecule has 152 valence electrons. The molecule has 0 spiro atoms. The van der Waals surface area contributed by atoms with Crippen LogP contribution in [0.15, 0.2) is 71.6 Å². The summed E-state index contributed by atoms with van der Waals surface area (Å²) >= 11 is 0. The lowest BCUT2D eigenvalue weighted by Crippen LogP contribution is -2.31. The van der Waals surface area contributed by atoms with Crippen LogP contribution in [-0.4, -0.2) is 22.6 Å². The molecule has 5 nitrogen and oxygen atoms in total. The zero-order chi connectivity index (χ0) is 21.0. The summed E-state index contributed by atoms with van der Waals surface area (Å²) < 4.78 is 39.6. The second-order valence-electron chi connectivity index (χ2n) is 6.77. The number of rotatable bonds is 7. The van der Waals surface area contributed by atoms with E-state index in [0.717, 1.165) is 11.1 Å². The van der Waals surface area contributed by atoms with Crippen molar-refractivity contribution in [2.24, 2.45) is 0 Å². The molecule has 0 amide bonds. The SMILES string of the molecule is COc1cc(OC)cc(N(Cc2ccccc2C)S(=O)(=O)c2ccccc2C)c1. The van der Waals surface area contributed by atoms with Crippen LogP contribution in [0.2, 0.25) is 0 Å². The maximum absolute atomic E-state index is 13.7. The van der Waals surface area contributed by atoms with Crippen LogP contribution in [-0.2, 0) is 16.6 Å². The number of hydrogen-bond acceptors (Lipinski definition) is 4. The number of aryl methyl sites for hydroxylation is 2. The van der Waals surface area contributed by atoms with Crippen molar-refractivity contribution in [3.8, 4) is 11.5 Å². The first kappa shape index (κ1) is 20.7. The van der Waals surface area contributed by atoms with Crippen LogP contribution in [0.4, 0.5) is 5.69 Å². The van der Waals surface area contributed by atoms with Gasteiger partial charge in [0.1, 0.15) is 11.5 Å². The van der Waals surface area contributed by atoms with Crippen LogP contribution < -0.4 is 13.8 Å². The van der Waals surface area contributed by atoms with Crippen molar-refractivity contribution in [1.82, 2.24) is 0 Å². The molecule has 0 fully saturated rings. The van der Waals surface area contributed by atoms with E-state index < -0.39 is 10.0 Å². The van der Waals surface area contributed by atoms with Crippen LogP contribution >= 0.6 is 0 Å². The molecule has 0 aliphatic heterocycles. The minimum absolute atomic E-state index is 0.194. The van der Waals surface area contributed by atoms with E-state index in [1.54, 1.807) is 57.5 Å². The predicted octanol–water partition coefficient (Wildman–Crippen LogP) is 4.72. The molecule has 3 aromatic rings. The molecule has 0 saturated carbocycles. The van der Waals surface area contributed by atoms with Crippen molar-refractivity contribution in [3.63, 3.8) is 0 Å². The molecule has 0 N–H and O–H groups in total. The van der Waals surface area contributed by atoms with Gasteiger partial charge in [0.15, 0.2) is 0 Å². The number of methoxy groups -OCH3 is 2. The fourth-order valence-electron chi connectivity index (χ4n) is 3.16. The van der Waals surface area contributed by atoms with Gasteiger partial charge in [-0.05, 0) is 36.6 Å². The summed E-state index contributed by atoms with van der Waals surface area (Å²) in [5.41, 5.74) is 3.11. The van der Waals surface area contributed by atoms with Crippen molar-refractivity contribution in [1.29, 1.82) is 0 Å². The first-order valence-electron chi connectivity index (χ1n) is 9.22. The number of sulfonamides is 1. The van der Waals surface area contributed by atoms with Gasteiger partial charge in [-0.1, -0.05) is 42.5 Å². The molecular weight excluding hydrogens is 386 g/mol. The maximum Gasteiger partial charge on any atom is 0.264 e. The van der Waals surface area contributed by atoms with Crippen molar-refractivity contribution >= 4 is 15.7 Å². The van der Waals surface area contributed by atoms with E-state index in [1.165, 1.54) is 4.31 Å². The summed E-state index contributed by atoms with van der Waals surface area (Å²) in [5.74, 6) is 1.04. The maximum atomic E-state index is 13.7. The third-order valence-electron chi connectivity index (χ3n) is 4.86.